The van der Waals surface area contributed by atoms with Gasteiger partial charge in [0, 0.05) is 19.5 Å². The summed E-state index contributed by atoms with van der Waals surface area (Å²) in [6.07, 6.45) is 0.672. The summed E-state index contributed by atoms with van der Waals surface area (Å²) in [4.78, 5) is 166. The lowest BCUT2D eigenvalue weighted by atomic mass is 9.97. The summed E-state index contributed by atoms with van der Waals surface area (Å²) >= 11 is 2.65. The van der Waals surface area contributed by atoms with Gasteiger partial charge in [-0.25, -0.2) is 4.79 Å². The number of carbonyl (C=O) groups is 12. The van der Waals surface area contributed by atoms with Crippen LogP contribution in [-0.2, 0) is 64.0 Å². The molecular weight excluding hydrogens is 1150 g/mol. The summed E-state index contributed by atoms with van der Waals surface area (Å²) in [6.45, 7) is 6.75. The highest BCUT2D eigenvalue weighted by molar-refractivity contribution is 7.98. The van der Waals surface area contributed by atoms with E-state index in [1.54, 1.807) is 56.7 Å². The largest absolute Gasteiger partial charge is 0.480 e. The molecule has 2 rings (SSSR count). The summed E-state index contributed by atoms with van der Waals surface area (Å²) in [5.41, 5.74) is 22.7. The third-order valence-corrected chi connectivity index (χ3v) is 14.9. The van der Waals surface area contributed by atoms with E-state index >= 15 is 0 Å². The van der Waals surface area contributed by atoms with Crippen molar-refractivity contribution >= 4 is 100 Å². The summed E-state index contributed by atoms with van der Waals surface area (Å²) in [6, 6.07) is -5.03. The second-order valence-electron chi connectivity index (χ2n) is 20.6. The van der Waals surface area contributed by atoms with Gasteiger partial charge in [0.2, 0.25) is 65.0 Å². The number of aliphatic imine (C=N–C) groups is 1. The number of nitrogens with one attached hydrogen (secondary N) is 9. The number of carboxylic acid groups (broad SMARTS) is 1. The number of primary amides is 1. The van der Waals surface area contributed by atoms with Crippen LogP contribution in [0.4, 0.5) is 0 Å². The van der Waals surface area contributed by atoms with Gasteiger partial charge in [0.15, 0.2) is 5.96 Å². The Morgan fingerprint density at radius 1 is 0.647 bits per heavy atom. The first kappa shape index (κ1) is 73.8. The molecule has 85 heavy (non-hydrogen) atoms. The number of likely N-dealkylation sites (tertiary alicyclic amines) is 1. The third kappa shape index (κ3) is 25.8. The van der Waals surface area contributed by atoms with Crippen LogP contribution in [0, 0.1) is 5.92 Å². The maximum atomic E-state index is 14.3. The molecule has 0 bridgehead atoms. The Morgan fingerprint density at radius 3 is 1.66 bits per heavy atom. The molecule has 30 nitrogen and oxygen atoms in total. The highest BCUT2D eigenvalue weighted by atomic mass is 32.2. The lowest BCUT2D eigenvalue weighted by molar-refractivity contribution is -0.144. The molecule has 1 fully saturated rings. The number of nitrogens with zero attached hydrogens (tertiary/aromatic N) is 2. The molecule has 1 saturated heterocycles. The van der Waals surface area contributed by atoms with Crippen LogP contribution in [0.15, 0.2) is 35.3 Å². The summed E-state index contributed by atoms with van der Waals surface area (Å²) < 4.78 is 0. The smallest absolute Gasteiger partial charge is 0.326 e. The standard InChI is InChI=1S/C53H87N15O15S2/c1-8-27(2)40(48(78)62-34(19-23-85-7)45(75)66-42(30(5)70)50(80)67-41(29(4)69)49(79)64-36(52(82)83)25-38(55)71)65-39(72)26-59-43(73)33(18-22-84-6)61-44(74)32(16-12-20-58-53(56)57)60-46(76)35(24-31-14-10-9-11-15-31)63-47(77)37-17-13-21-68(37)51(81)28(3)54/h9-11,14-15,27-30,32-37,40-42,69-70H,8,12-13,16-26,54H2,1-7H3,(H2,55,71)(H,59,73)(H,60,76)(H,61,74)(H,62,78)(H,63,77)(H,64,79)(H,65,72)(H,66,75)(H,67,80)(H,82,83)(H4,56,57,58)/t27-,28-,29+,30+,32-,33-,34-,35-,36-,37-,40-,41-,42-/m0/s1. The van der Waals surface area contributed by atoms with Crippen molar-refractivity contribution in [2.24, 2.45) is 33.8 Å². The first-order valence-electron chi connectivity index (χ1n) is 27.8. The van der Waals surface area contributed by atoms with Gasteiger partial charge in [-0.2, -0.15) is 23.5 Å². The van der Waals surface area contributed by atoms with E-state index in [4.69, 9.17) is 22.9 Å². The van der Waals surface area contributed by atoms with Crippen LogP contribution in [0.2, 0.25) is 0 Å². The van der Waals surface area contributed by atoms with Crippen molar-refractivity contribution in [2.75, 3.05) is 43.7 Å². The van der Waals surface area contributed by atoms with E-state index in [2.05, 4.69) is 47.5 Å². The van der Waals surface area contributed by atoms with Crippen molar-refractivity contribution < 1.29 is 72.9 Å². The van der Waals surface area contributed by atoms with Gasteiger partial charge in [-0.05, 0) is 94.8 Å². The number of hydrogen-bond acceptors (Lipinski definition) is 18. The number of carbonyl (C=O) groups excluding carboxylic acids is 11. The first-order valence-corrected chi connectivity index (χ1v) is 30.6. The molecule has 1 aliphatic heterocycles. The van der Waals surface area contributed by atoms with E-state index < -0.39 is 162 Å². The zero-order valence-electron chi connectivity index (χ0n) is 49.1. The summed E-state index contributed by atoms with van der Waals surface area (Å²) in [5, 5.41) is 52.8. The molecule has 476 valence electrons. The normalized spacial score (nSPS) is 17.1. The highest BCUT2D eigenvalue weighted by Crippen LogP contribution is 2.19. The number of benzene rings is 1. The predicted molar refractivity (Wildman–Crippen MR) is 317 cm³/mol. The molecule has 0 radical (unpaired) electrons. The lowest BCUT2D eigenvalue weighted by Crippen LogP contribution is -2.63. The maximum Gasteiger partial charge on any atom is 0.326 e. The fourth-order valence-corrected chi connectivity index (χ4v) is 9.61. The van der Waals surface area contributed by atoms with E-state index in [9.17, 15) is 72.9 Å². The number of carboxylic acids is 1. The van der Waals surface area contributed by atoms with Crippen molar-refractivity contribution in [1.82, 2.24) is 52.8 Å². The van der Waals surface area contributed by atoms with Gasteiger partial charge in [0.1, 0.15) is 54.4 Å². The zero-order chi connectivity index (χ0) is 64.1. The molecule has 20 N–H and O–H groups in total. The van der Waals surface area contributed by atoms with E-state index in [0.717, 1.165) is 13.8 Å². The number of aliphatic carboxylic acids is 1. The molecule has 1 heterocycles. The van der Waals surface area contributed by atoms with E-state index in [1.807, 2.05) is 5.32 Å². The second kappa shape index (κ2) is 37.9. The number of aliphatic hydroxyl groups excluding tert-OH is 2. The molecule has 0 unspecified atom stereocenters. The number of guanidine groups is 1. The Hall–Kier alpha value is -7.29. The van der Waals surface area contributed by atoms with Gasteiger partial charge in [0.05, 0.1) is 31.2 Å². The van der Waals surface area contributed by atoms with Gasteiger partial charge in [0.25, 0.3) is 0 Å². The zero-order valence-corrected chi connectivity index (χ0v) is 50.7. The van der Waals surface area contributed by atoms with Gasteiger partial charge in [-0.15, -0.1) is 0 Å². The van der Waals surface area contributed by atoms with Crippen LogP contribution in [0.5, 0.6) is 0 Å². The van der Waals surface area contributed by atoms with Gasteiger partial charge in [-0.3, -0.25) is 57.7 Å². The second-order valence-corrected chi connectivity index (χ2v) is 22.6. The minimum absolute atomic E-state index is 0.00535. The Morgan fingerprint density at radius 2 is 1.14 bits per heavy atom. The number of nitrogens with two attached hydrogens (primary N) is 4. The molecule has 1 aromatic carbocycles. The third-order valence-electron chi connectivity index (χ3n) is 13.6. The van der Waals surface area contributed by atoms with Gasteiger partial charge >= 0.3 is 5.97 Å². The summed E-state index contributed by atoms with van der Waals surface area (Å²) in [5.74, 6) is -11.4. The molecule has 32 heteroatoms. The SMILES string of the molecule is CC[C@H](C)[C@H](NC(=O)CNC(=O)[C@H](CCSC)NC(=O)[C@H](CCCN=C(N)N)NC(=O)[C@H](Cc1ccccc1)NC(=O)[C@@H]1CCCN1C(=O)[C@H](C)N)C(=O)N[C@@H](CCSC)C(=O)N[C@H](C(=O)N[C@H](C(=O)N[C@@H](CC(N)=O)C(=O)O)[C@@H](C)O)[C@@H](C)O. The Bertz CT molecular complexity index is 2470. The monoisotopic (exact) mass is 1240 g/mol. The molecule has 0 aromatic heterocycles. The average molecular weight is 1240 g/mol. The predicted octanol–water partition coefficient (Wildman–Crippen LogP) is -5.11. The van der Waals surface area contributed by atoms with Crippen LogP contribution in [0.25, 0.3) is 0 Å². The van der Waals surface area contributed by atoms with Crippen molar-refractivity contribution in [3.05, 3.63) is 35.9 Å². The van der Waals surface area contributed by atoms with Crippen molar-refractivity contribution in [3.63, 3.8) is 0 Å². The lowest BCUT2D eigenvalue weighted by Gasteiger charge is -2.29. The fourth-order valence-electron chi connectivity index (χ4n) is 8.67. The van der Waals surface area contributed by atoms with E-state index in [-0.39, 0.29) is 50.4 Å². The van der Waals surface area contributed by atoms with E-state index in [0.29, 0.717) is 37.1 Å². The van der Waals surface area contributed by atoms with Gasteiger partial charge in [-0.1, -0.05) is 50.6 Å². The number of rotatable bonds is 38. The Balaban J connectivity index is 2.33. The van der Waals surface area contributed by atoms with Crippen LogP contribution >= 0.6 is 23.5 Å². The number of amides is 11. The summed E-state index contributed by atoms with van der Waals surface area (Å²) in [7, 11) is 0. The van der Waals surface area contributed by atoms with E-state index in [1.165, 1.54) is 35.3 Å². The molecular formula is C53H87N15O15S2. The molecule has 0 spiro atoms. The molecule has 13 atom stereocenters. The van der Waals surface area contributed by atoms with Crippen molar-refractivity contribution in [2.45, 2.75) is 165 Å². The first-order chi connectivity index (χ1) is 40.1. The number of thioether (sulfide) groups is 2. The van der Waals surface area contributed by atoms with Crippen LogP contribution in [-0.4, -0.2) is 213 Å². The highest BCUT2D eigenvalue weighted by Gasteiger charge is 2.39. The number of hydrogen-bond donors (Lipinski definition) is 16. The Labute approximate surface area is 502 Å². The molecule has 1 aliphatic rings. The van der Waals surface area contributed by atoms with Crippen molar-refractivity contribution in [3.8, 4) is 0 Å². The Kier molecular flexibility index (Phi) is 32.9. The van der Waals surface area contributed by atoms with Crippen LogP contribution in [0.3, 0.4) is 0 Å². The minimum Gasteiger partial charge on any atom is -0.480 e. The molecule has 11 amide bonds. The maximum absolute atomic E-state index is 14.3. The van der Waals surface area contributed by atoms with Gasteiger partial charge < -0.3 is 91.0 Å². The van der Waals surface area contributed by atoms with Crippen molar-refractivity contribution in [1.29, 1.82) is 0 Å². The fraction of sp³-hybridized carbons (Fsp3) is 0.642. The number of aliphatic hydroxyl groups is 2. The molecule has 0 saturated carbocycles. The minimum atomic E-state index is -1.86. The topological polar surface area (TPSA) is 493 Å². The average Bonchev–Trinajstić information content (AvgIpc) is 4.06. The molecule has 0 aliphatic carbocycles. The quantitative estimate of drug-likeness (QED) is 0.0167. The molecule has 1 aromatic rings. The van der Waals surface area contributed by atoms with Crippen LogP contribution in [0.1, 0.15) is 91.5 Å². The van der Waals surface area contributed by atoms with Crippen LogP contribution < -0.4 is 70.8 Å².